The van der Waals surface area contributed by atoms with Gasteiger partial charge in [-0.1, -0.05) is 24.3 Å². The third kappa shape index (κ3) is 3.12. The Morgan fingerprint density at radius 3 is 2.77 bits per heavy atom. The van der Waals surface area contributed by atoms with Gasteiger partial charge in [-0.25, -0.2) is 9.37 Å². The highest BCUT2D eigenvalue weighted by atomic mass is 19.1. The van der Waals surface area contributed by atoms with Crippen LogP contribution in [0.1, 0.15) is 12.0 Å². The molecule has 0 spiro atoms. The van der Waals surface area contributed by atoms with Crippen LogP contribution in [-0.4, -0.2) is 33.3 Å². The quantitative estimate of drug-likeness (QED) is 0.379. The number of nitrogens with zero attached hydrogens (tertiary/aromatic N) is 2. The Morgan fingerprint density at radius 2 is 1.90 bits per heavy atom. The van der Waals surface area contributed by atoms with Crippen molar-refractivity contribution >= 4 is 27.5 Å². The van der Waals surface area contributed by atoms with Crippen LogP contribution in [0.4, 0.5) is 4.39 Å². The van der Waals surface area contributed by atoms with Crippen LogP contribution in [0.25, 0.3) is 50.0 Å². The molecule has 31 heavy (non-hydrogen) atoms. The summed E-state index contributed by atoms with van der Waals surface area (Å²) in [7, 11) is 0. The second kappa shape index (κ2) is 7.18. The van der Waals surface area contributed by atoms with E-state index >= 15 is 0 Å². The van der Waals surface area contributed by atoms with Crippen LogP contribution in [0.15, 0.2) is 66.9 Å². The maximum atomic E-state index is 13.8. The summed E-state index contributed by atoms with van der Waals surface area (Å²) in [6.07, 6.45) is 5.02. The summed E-state index contributed by atoms with van der Waals surface area (Å²) < 4.78 is 13.8. The molecular formula is C25H20FN5. The standard InChI is InChI=1S/C25H20FN5/c26-18-3-1-2-17(12-18)19-8-11-28-25-20(19)14-23(29-25)24-21-13-16(4-5-22(21)30-31-24)15-6-9-27-10-7-15/h1-6,8,11-14,27H,7,9-10H2,(H,28,29)(H,30,31). The highest BCUT2D eigenvalue weighted by molar-refractivity contribution is 6.00. The average Bonchev–Trinajstić information content (AvgIpc) is 3.43. The molecule has 0 bridgehead atoms. The van der Waals surface area contributed by atoms with Crippen molar-refractivity contribution in [1.29, 1.82) is 0 Å². The first-order valence-corrected chi connectivity index (χ1v) is 10.4. The van der Waals surface area contributed by atoms with Gasteiger partial charge in [-0.2, -0.15) is 5.10 Å². The summed E-state index contributed by atoms with van der Waals surface area (Å²) in [6, 6.07) is 17.0. The van der Waals surface area contributed by atoms with E-state index in [-0.39, 0.29) is 5.82 Å². The van der Waals surface area contributed by atoms with Crippen LogP contribution >= 0.6 is 0 Å². The average molecular weight is 409 g/mol. The Hall–Kier alpha value is -3.77. The van der Waals surface area contributed by atoms with Gasteiger partial charge in [-0.05, 0) is 71.6 Å². The fourth-order valence-corrected chi connectivity index (χ4v) is 4.37. The number of halogens is 1. The van der Waals surface area contributed by atoms with E-state index < -0.39 is 0 Å². The van der Waals surface area contributed by atoms with Crippen LogP contribution < -0.4 is 5.32 Å². The normalized spacial score (nSPS) is 14.3. The van der Waals surface area contributed by atoms with E-state index in [2.05, 4.69) is 55.8 Å². The molecule has 5 aromatic rings. The van der Waals surface area contributed by atoms with Gasteiger partial charge in [-0.15, -0.1) is 0 Å². The largest absolute Gasteiger partial charge is 0.338 e. The molecule has 0 aliphatic carbocycles. The first kappa shape index (κ1) is 18.0. The monoisotopic (exact) mass is 409 g/mol. The molecule has 0 saturated heterocycles. The van der Waals surface area contributed by atoms with Gasteiger partial charge >= 0.3 is 0 Å². The van der Waals surface area contributed by atoms with Gasteiger partial charge in [0.15, 0.2) is 0 Å². The third-order valence-corrected chi connectivity index (χ3v) is 5.92. The zero-order chi connectivity index (χ0) is 20.8. The molecule has 5 nitrogen and oxygen atoms in total. The summed E-state index contributed by atoms with van der Waals surface area (Å²) >= 11 is 0. The van der Waals surface area contributed by atoms with Gasteiger partial charge in [0.1, 0.15) is 17.2 Å². The fraction of sp³-hybridized carbons (Fsp3) is 0.120. The van der Waals surface area contributed by atoms with E-state index in [0.717, 1.165) is 64.0 Å². The molecule has 152 valence electrons. The summed E-state index contributed by atoms with van der Waals surface area (Å²) in [6.45, 7) is 1.90. The number of aromatic nitrogens is 4. The van der Waals surface area contributed by atoms with E-state index in [9.17, 15) is 4.39 Å². The molecule has 3 aromatic heterocycles. The number of pyridine rings is 1. The molecule has 4 heterocycles. The fourth-order valence-electron chi connectivity index (χ4n) is 4.37. The van der Waals surface area contributed by atoms with Gasteiger partial charge < -0.3 is 10.3 Å². The lowest BCUT2D eigenvalue weighted by Gasteiger charge is -2.14. The lowest BCUT2D eigenvalue weighted by atomic mass is 9.98. The van der Waals surface area contributed by atoms with E-state index in [0.29, 0.717) is 0 Å². The topological polar surface area (TPSA) is 69.4 Å². The maximum absolute atomic E-state index is 13.8. The zero-order valence-electron chi connectivity index (χ0n) is 16.7. The van der Waals surface area contributed by atoms with Gasteiger partial charge in [-0.3, -0.25) is 5.10 Å². The first-order valence-electron chi connectivity index (χ1n) is 10.4. The van der Waals surface area contributed by atoms with Crippen molar-refractivity contribution in [1.82, 2.24) is 25.5 Å². The van der Waals surface area contributed by atoms with Gasteiger partial charge in [0, 0.05) is 23.5 Å². The molecular weight excluding hydrogens is 389 g/mol. The Bertz CT molecular complexity index is 1460. The Labute approximate surface area is 178 Å². The molecule has 0 saturated carbocycles. The second-order valence-corrected chi connectivity index (χ2v) is 7.83. The van der Waals surface area contributed by atoms with Crippen LogP contribution in [-0.2, 0) is 0 Å². The number of nitrogens with one attached hydrogen (secondary N) is 3. The lowest BCUT2D eigenvalue weighted by Crippen LogP contribution is -2.19. The van der Waals surface area contributed by atoms with Crippen molar-refractivity contribution in [3.8, 4) is 22.5 Å². The molecule has 0 atom stereocenters. The molecule has 3 N–H and O–H groups in total. The van der Waals surface area contributed by atoms with Crippen molar-refractivity contribution in [2.45, 2.75) is 6.42 Å². The highest BCUT2D eigenvalue weighted by Gasteiger charge is 2.16. The van der Waals surface area contributed by atoms with E-state index in [1.807, 2.05) is 12.1 Å². The minimum atomic E-state index is -0.253. The van der Waals surface area contributed by atoms with Crippen molar-refractivity contribution in [2.75, 3.05) is 13.1 Å². The van der Waals surface area contributed by atoms with Gasteiger partial charge in [0.2, 0.25) is 0 Å². The Morgan fingerprint density at radius 1 is 0.935 bits per heavy atom. The number of H-pyrrole nitrogens is 2. The molecule has 0 amide bonds. The molecule has 6 heteroatoms. The van der Waals surface area contributed by atoms with Crippen molar-refractivity contribution < 1.29 is 4.39 Å². The Kier molecular flexibility index (Phi) is 4.18. The van der Waals surface area contributed by atoms with E-state index in [1.165, 1.54) is 17.2 Å². The minimum absolute atomic E-state index is 0.253. The summed E-state index contributed by atoms with van der Waals surface area (Å²) in [5.41, 5.74) is 7.84. The molecule has 1 aliphatic heterocycles. The van der Waals surface area contributed by atoms with Gasteiger partial charge in [0.25, 0.3) is 0 Å². The predicted octanol–water partition coefficient (Wildman–Crippen LogP) is 5.29. The number of fused-ring (bicyclic) bond motifs is 2. The third-order valence-electron chi connectivity index (χ3n) is 5.92. The van der Waals surface area contributed by atoms with E-state index in [4.69, 9.17) is 0 Å². The summed E-state index contributed by atoms with van der Waals surface area (Å²) in [5, 5.41) is 13.1. The summed E-state index contributed by atoms with van der Waals surface area (Å²) in [4.78, 5) is 7.89. The van der Waals surface area contributed by atoms with Crippen molar-refractivity contribution in [3.63, 3.8) is 0 Å². The van der Waals surface area contributed by atoms with Crippen LogP contribution in [0, 0.1) is 5.82 Å². The van der Waals surface area contributed by atoms with Crippen LogP contribution in [0.3, 0.4) is 0 Å². The second-order valence-electron chi connectivity index (χ2n) is 7.83. The molecule has 0 fully saturated rings. The van der Waals surface area contributed by atoms with Crippen molar-refractivity contribution in [3.05, 3.63) is 78.3 Å². The Balaban J connectivity index is 1.49. The van der Waals surface area contributed by atoms with Gasteiger partial charge in [0.05, 0.1) is 11.2 Å². The molecule has 0 unspecified atom stereocenters. The van der Waals surface area contributed by atoms with Crippen molar-refractivity contribution in [2.24, 2.45) is 0 Å². The molecule has 2 aromatic carbocycles. The number of hydrogen-bond acceptors (Lipinski definition) is 3. The molecule has 1 aliphatic rings. The predicted molar refractivity (Wildman–Crippen MR) is 122 cm³/mol. The summed E-state index contributed by atoms with van der Waals surface area (Å²) in [5.74, 6) is -0.253. The van der Waals surface area contributed by atoms with Crippen LogP contribution in [0.2, 0.25) is 0 Å². The number of hydrogen-bond donors (Lipinski definition) is 3. The number of benzene rings is 2. The number of aromatic amines is 2. The smallest absolute Gasteiger partial charge is 0.138 e. The minimum Gasteiger partial charge on any atom is -0.338 e. The molecule has 6 rings (SSSR count). The number of rotatable bonds is 3. The van der Waals surface area contributed by atoms with Crippen LogP contribution in [0.5, 0.6) is 0 Å². The lowest BCUT2D eigenvalue weighted by molar-refractivity contribution is 0.628. The SMILES string of the molecule is Fc1cccc(-c2ccnc3[nH]c(-c4n[nH]c5ccc(C6=CCNCC6)cc45)cc23)c1. The maximum Gasteiger partial charge on any atom is 0.138 e. The molecule has 0 radical (unpaired) electrons. The first-order chi connectivity index (χ1) is 15.3. The zero-order valence-corrected chi connectivity index (χ0v) is 16.7. The highest BCUT2D eigenvalue weighted by Crippen LogP contribution is 2.34. The van der Waals surface area contributed by atoms with E-state index in [1.54, 1.807) is 18.3 Å².